The largest absolute Gasteiger partial charge is 0.489 e. The minimum Gasteiger partial charge on any atom is -0.489 e. The first kappa shape index (κ1) is 20.2. The zero-order valence-electron chi connectivity index (χ0n) is 15.3. The summed E-state index contributed by atoms with van der Waals surface area (Å²) in [5.74, 6) is 0.750. The smallest absolute Gasteiger partial charge is 0.224 e. The fourth-order valence-corrected chi connectivity index (χ4v) is 2.96. The van der Waals surface area contributed by atoms with Gasteiger partial charge < -0.3 is 10.1 Å². The fraction of sp³-hybridized carbons (Fsp3) is 0.174. The molecule has 0 aromatic heterocycles. The molecule has 0 radical (unpaired) electrons. The molecular formula is C23H21Cl2NO2. The Morgan fingerprint density at radius 2 is 1.36 bits per heavy atom. The summed E-state index contributed by atoms with van der Waals surface area (Å²) in [6, 6.07) is 22.6. The molecule has 0 spiro atoms. The molecule has 28 heavy (non-hydrogen) atoms. The van der Waals surface area contributed by atoms with Crippen LogP contribution < -0.4 is 10.1 Å². The van der Waals surface area contributed by atoms with Crippen LogP contribution in [0.2, 0.25) is 10.0 Å². The van der Waals surface area contributed by atoms with Crippen LogP contribution in [0.3, 0.4) is 0 Å². The summed E-state index contributed by atoms with van der Waals surface area (Å²) in [6.45, 7) is 0.466. The third-order valence-electron chi connectivity index (χ3n) is 4.24. The van der Waals surface area contributed by atoms with E-state index in [4.69, 9.17) is 27.9 Å². The lowest BCUT2D eigenvalue weighted by Gasteiger charge is -2.09. The second kappa shape index (κ2) is 10.2. The second-order valence-corrected chi connectivity index (χ2v) is 7.34. The molecule has 0 fully saturated rings. The number of benzene rings is 3. The number of nitrogens with one attached hydrogen (secondary N) is 1. The number of halogens is 2. The molecule has 144 valence electrons. The maximum atomic E-state index is 12.1. The lowest BCUT2D eigenvalue weighted by Crippen LogP contribution is -2.11. The van der Waals surface area contributed by atoms with E-state index < -0.39 is 0 Å². The Bertz CT molecular complexity index is 891. The molecule has 0 heterocycles. The van der Waals surface area contributed by atoms with Gasteiger partial charge in [-0.3, -0.25) is 4.79 Å². The highest BCUT2D eigenvalue weighted by molar-refractivity contribution is 6.30. The van der Waals surface area contributed by atoms with Crippen LogP contribution in [-0.4, -0.2) is 5.91 Å². The van der Waals surface area contributed by atoms with Crippen molar-refractivity contribution in [3.63, 3.8) is 0 Å². The van der Waals surface area contributed by atoms with Crippen molar-refractivity contribution in [2.24, 2.45) is 0 Å². The topological polar surface area (TPSA) is 38.3 Å². The van der Waals surface area contributed by atoms with Crippen LogP contribution in [0.25, 0.3) is 0 Å². The van der Waals surface area contributed by atoms with Crippen LogP contribution >= 0.6 is 23.2 Å². The number of ether oxygens (including phenoxy) is 1. The minimum absolute atomic E-state index is 0.00351. The molecule has 0 saturated heterocycles. The molecule has 0 aliphatic carbocycles. The van der Waals surface area contributed by atoms with Crippen molar-refractivity contribution < 1.29 is 9.53 Å². The van der Waals surface area contributed by atoms with Gasteiger partial charge >= 0.3 is 0 Å². The molecule has 3 nitrogen and oxygen atoms in total. The van der Waals surface area contributed by atoms with E-state index in [9.17, 15) is 4.79 Å². The van der Waals surface area contributed by atoms with Crippen LogP contribution in [0.15, 0.2) is 72.8 Å². The first-order chi connectivity index (χ1) is 13.6. The molecule has 3 aromatic rings. The Labute approximate surface area is 175 Å². The summed E-state index contributed by atoms with van der Waals surface area (Å²) in [6.07, 6.45) is 2.11. The van der Waals surface area contributed by atoms with Gasteiger partial charge in [-0.25, -0.2) is 0 Å². The number of aryl methyl sites for hydroxylation is 1. The van der Waals surface area contributed by atoms with Crippen LogP contribution in [-0.2, 0) is 17.8 Å². The third-order valence-corrected chi connectivity index (χ3v) is 4.74. The summed E-state index contributed by atoms with van der Waals surface area (Å²) in [7, 11) is 0. The summed E-state index contributed by atoms with van der Waals surface area (Å²) >= 11 is 11.8. The van der Waals surface area contributed by atoms with E-state index in [-0.39, 0.29) is 5.91 Å². The molecule has 1 N–H and O–H groups in total. The fourth-order valence-electron chi connectivity index (χ4n) is 2.71. The van der Waals surface area contributed by atoms with E-state index in [1.807, 2.05) is 72.8 Å². The normalized spacial score (nSPS) is 10.5. The van der Waals surface area contributed by atoms with Crippen LogP contribution in [0, 0.1) is 0 Å². The van der Waals surface area contributed by atoms with Gasteiger partial charge in [-0.2, -0.15) is 0 Å². The Balaban J connectivity index is 1.41. The molecule has 0 aliphatic rings. The zero-order valence-corrected chi connectivity index (χ0v) is 16.8. The van der Waals surface area contributed by atoms with Crippen molar-refractivity contribution in [2.75, 3.05) is 5.32 Å². The molecule has 3 aromatic carbocycles. The predicted molar refractivity (Wildman–Crippen MR) is 115 cm³/mol. The van der Waals surface area contributed by atoms with Gasteiger partial charge in [-0.05, 0) is 72.5 Å². The molecule has 0 unspecified atom stereocenters. The van der Waals surface area contributed by atoms with Crippen LogP contribution in [0.1, 0.15) is 24.0 Å². The maximum Gasteiger partial charge on any atom is 0.224 e. The van der Waals surface area contributed by atoms with E-state index in [0.717, 1.165) is 34.9 Å². The van der Waals surface area contributed by atoms with Gasteiger partial charge in [0, 0.05) is 22.2 Å². The van der Waals surface area contributed by atoms with Gasteiger partial charge in [0.2, 0.25) is 5.91 Å². The van der Waals surface area contributed by atoms with E-state index in [0.29, 0.717) is 18.1 Å². The number of hydrogen-bond acceptors (Lipinski definition) is 2. The van der Waals surface area contributed by atoms with Gasteiger partial charge in [-0.1, -0.05) is 47.5 Å². The highest BCUT2D eigenvalue weighted by atomic mass is 35.5. The Hall–Kier alpha value is -2.49. The number of carbonyl (C=O) groups excluding carboxylic acids is 1. The van der Waals surface area contributed by atoms with Crippen LogP contribution in [0.5, 0.6) is 5.75 Å². The molecule has 0 atom stereocenters. The average molecular weight is 414 g/mol. The van der Waals surface area contributed by atoms with E-state index in [1.165, 1.54) is 5.56 Å². The van der Waals surface area contributed by atoms with Crippen molar-refractivity contribution in [1.82, 2.24) is 0 Å². The van der Waals surface area contributed by atoms with Gasteiger partial charge in [0.25, 0.3) is 0 Å². The van der Waals surface area contributed by atoms with Gasteiger partial charge in [0.15, 0.2) is 0 Å². The van der Waals surface area contributed by atoms with Gasteiger partial charge in [0.1, 0.15) is 12.4 Å². The van der Waals surface area contributed by atoms with E-state index >= 15 is 0 Å². The van der Waals surface area contributed by atoms with Gasteiger partial charge in [-0.15, -0.1) is 0 Å². The van der Waals surface area contributed by atoms with Crippen molar-refractivity contribution >= 4 is 34.8 Å². The molecular weight excluding hydrogens is 393 g/mol. The molecule has 0 aliphatic heterocycles. The summed E-state index contributed by atoms with van der Waals surface area (Å²) in [5.41, 5.74) is 2.98. The second-order valence-electron chi connectivity index (χ2n) is 6.47. The molecule has 0 saturated carbocycles. The number of anilines is 1. The number of hydrogen-bond donors (Lipinski definition) is 1. The number of carbonyl (C=O) groups is 1. The van der Waals surface area contributed by atoms with Crippen molar-refractivity contribution in [3.05, 3.63) is 94.0 Å². The van der Waals surface area contributed by atoms with E-state index in [2.05, 4.69) is 5.32 Å². The van der Waals surface area contributed by atoms with Crippen LogP contribution in [0.4, 0.5) is 5.69 Å². The first-order valence-corrected chi connectivity index (χ1v) is 9.86. The van der Waals surface area contributed by atoms with E-state index in [1.54, 1.807) is 0 Å². The monoisotopic (exact) mass is 413 g/mol. The van der Waals surface area contributed by atoms with Crippen molar-refractivity contribution in [1.29, 1.82) is 0 Å². The lowest BCUT2D eigenvalue weighted by molar-refractivity contribution is -0.116. The van der Waals surface area contributed by atoms with Crippen molar-refractivity contribution in [2.45, 2.75) is 25.9 Å². The third kappa shape index (κ3) is 6.59. The maximum absolute atomic E-state index is 12.1. The highest BCUT2D eigenvalue weighted by Gasteiger charge is 2.04. The first-order valence-electron chi connectivity index (χ1n) is 9.10. The summed E-state index contributed by atoms with van der Waals surface area (Å²) in [4.78, 5) is 12.1. The number of amides is 1. The standard InChI is InChI=1S/C23H21Cl2NO2/c24-19-8-4-17(5-9-19)2-1-3-23(27)26-21-12-14-22(15-13-21)28-16-18-6-10-20(25)11-7-18/h4-15H,1-3,16H2,(H,26,27). The molecule has 5 heteroatoms. The molecule has 1 amide bonds. The molecule has 3 rings (SSSR count). The SMILES string of the molecule is O=C(CCCc1ccc(Cl)cc1)Nc1ccc(OCc2ccc(Cl)cc2)cc1. The lowest BCUT2D eigenvalue weighted by atomic mass is 10.1. The Kier molecular flexibility index (Phi) is 7.35. The summed E-state index contributed by atoms with van der Waals surface area (Å²) in [5, 5.41) is 4.34. The average Bonchev–Trinajstić information content (AvgIpc) is 2.70. The number of rotatable bonds is 8. The quantitative estimate of drug-likeness (QED) is 0.455. The van der Waals surface area contributed by atoms with Gasteiger partial charge in [0.05, 0.1) is 0 Å². The molecule has 0 bridgehead atoms. The zero-order chi connectivity index (χ0) is 19.8. The Morgan fingerprint density at radius 1 is 0.786 bits per heavy atom. The summed E-state index contributed by atoms with van der Waals surface area (Å²) < 4.78 is 5.75. The minimum atomic E-state index is 0.00351. The Morgan fingerprint density at radius 3 is 1.96 bits per heavy atom. The predicted octanol–water partition coefficient (Wildman–Crippen LogP) is 6.53. The highest BCUT2D eigenvalue weighted by Crippen LogP contribution is 2.18. The van der Waals surface area contributed by atoms with Crippen molar-refractivity contribution in [3.8, 4) is 5.75 Å².